The van der Waals surface area contributed by atoms with Gasteiger partial charge in [0.2, 0.25) is 0 Å². The number of nitrogens with zero attached hydrogens (tertiary/aromatic N) is 1. The van der Waals surface area contributed by atoms with E-state index in [4.69, 9.17) is 0 Å². The molecule has 25 heavy (non-hydrogen) atoms. The van der Waals surface area contributed by atoms with Crippen molar-refractivity contribution in [2.24, 2.45) is 0 Å². The van der Waals surface area contributed by atoms with Gasteiger partial charge >= 0.3 is 0 Å². The number of alkyl halides is 2. The predicted molar refractivity (Wildman–Crippen MR) is 97.6 cm³/mol. The van der Waals surface area contributed by atoms with Gasteiger partial charge in [-0.3, -0.25) is 10.1 Å². The number of aromatic nitrogens is 1. The first kappa shape index (κ1) is 17.6. The summed E-state index contributed by atoms with van der Waals surface area (Å²) >= 11 is 1.87. The van der Waals surface area contributed by atoms with Gasteiger partial charge in [0.15, 0.2) is 5.13 Å². The fraction of sp³-hybridized carbons (Fsp3) is 0.111. The summed E-state index contributed by atoms with van der Waals surface area (Å²) in [4.78, 5) is 17.9. The predicted octanol–water partition coefficient (Wildman–Crippen LogP) is 5.30. The fourth-order valence-electron chi connectivity index (χ4n) is 2.20. The summed E-state index contributed by atoms with van der Waals surface area (Å²) in [7, 11) is 0. The van der Waals surface area contributed by atoms with Crippen molar-refractivity contribution in [3.05, 3.63) is 76.8 Å². The summed E-state index contributed by atoms with van der Waals surface area (Å²) in [5.74, 6) is -2.78. The monoisotopic (exact) mass is 376 g/mol. The molecule has 0 aliphatic rings. The Balaban J connectivity index is 1.61. The molecule has 0 aliphatic carbocycles. The lowest BCUT2D eigenvalue weighted by Gasteiger charge is -2.03. The van der Waals surface area contributed by atoms with Gasteiger partial charge in [-0.1, -0.05) is 42.1 Å². The maximum atomic E-state index is 12.3. The Labute approximate surface area is 152 Å². The molecule has 0 radical (unpaired) electrons. The van der Waals surface area contributed by atoms with E-state index >= 15 is 0 Å². The largest absolute Gasteiger partial charge is 0.298 e. The third kappa shape index (κ3) is 5.11. The molecule has 3 nitrogen and oxygen atoms in total. The molecule has 0 unspecified atom stereocenters. The first-order chi connectivity index (χ1) is 12.1. The van der Waals surface area contributed by atoms with E-state index in [-0.39, 0.29) is 5.91 Å². The van der Waals surface area contributed by atoms with Gasteiger partial charge in [-0.15, -0.1) is 11.3 Å². The Kier molecular flexibility index (Phi) is 5.78. The highest BCUT2D eigenvalue weighted by Crippen LogP contribution is 2.26. The molecule has 2 aromatic carbocycles. The average molecular weight is 376 g/mol. The van der Waals surface area contributed by atoms with Crippen LogP contribution in [0.3, 0.4) is 0 Å². The second-order valence-electron chi connectivity index (χ2n) is 5.15. The zero-order valence-corrected chi connectivity index (χ0v) is 14.6. The van der Waals surface area contributed by atoms with Crippen LogP contribution in [0.4, 0.5) is 13.9 Å². The standard InChI is InChI=1S/C18H14F2N2OS2/c19-17(20)24-14-8-6-13(7-9-14)16(23)22-18-21-11-15(25-18)10-12-4-2-1-3-5-12/h1-9,11,17H,10H2,(H,21,22,23). The Morgan fingerprint density at radius 2 is 1.84 bits per heavy atom. The molecule has 1 heterocycles. The third-order valence-electron chi connectivity index (χ3n) is 3.34. The molecular weight excluding hydrogens is 362 g/mol. The van der Waals surface area contributed by atoms with E-state index in [9.17, 15) is 13.6 Å². The van der Waals surface area contributed by atoms with Crippen molar-refractivity contribution in [1.29, 1.82) is 0 Å². The van der Waals surface area contributed by atoms with Gasteiger partial charge in [0.05, 0.1) is 0 Å². The number of benzene rings is 2. The van der Waals surface area contributed by atoms with Crippen LogP contribution in [-0.2, 0) is 6.42 Å². The lowest BCUT2D eigenvalue weighted by molar-refractivity contribution is 0.102. The van der Waals surface area contributed by atoms with E-state index in [1.54, 1.807) is 6.20 Å². The van der Waals surface area contributed by atoms with Crippen LogP contribution in [-0.4, -0.2) is 16.6 Å². The van der Waals surface area contributed by atoms with Gasteiger partial charge in [0.25, 0.3) is 11.7 Å². The van der Waals surface area contributed by atoms with Crippen molar-refractivity contribution in [2.75, 3.05) is 5.32 Å². The summed E-state index contributed by atoms with van der Waals surface area (Å²) < 4.78 is 24.6. The number of hydrogen-bond acceptors (Lipinski definition) is 4. The van der Waals surface area contributed by atoms with Gasteiger partial charge in [-0.2, -0.15) is 8.78 Å². The van der Waals surface area contributed by atoms with Crippen LogP contribution in [0.25, 0.3) is 0 Å². The molecule has 0 fully saturated rings. The lowest BCUT2D eigenvalue weighted by atomic mass is 10.1. The summed E-state index contributed by atoms with van der Waals surface area (Å²) in [6, 6.07) is 16.1. The maximum absolute atomic E-state index is 12.3. The molecule has 1 aromatic heterocycles. The quantitative estimate of drug-likeness (QED) is 0.594. The van der Waals surface area contributed by atoms with Crippen molar-refractivity contribution in [2.45, 2.75) is 17.1 Å². The number of halogens is 2. The summed E-state index contributed by atoms with van der Waals surface area (Å²) in [5, 5.41) is 3.25. The Bertz CT molecular complexity index is 836. The highest BCUT2D eigenvalue weighted by molar-refractivity contribution is 7.99. The van der Waals surface area contributed by atoms with Crippen LogP contribution >= 0.6 is 23.1 Å². The Morgan fingerprint density at radius 3 is 2.52 bits per heavy atom. The van der Waals surface area contributed by atoms with Crippen LogP contribution in [0.15, 0.2) is 65.7 Å². The Hall–Kier alpha value is -2.25. The molecule has 7 heteroatoms. The number of thioether (sulfide) groups is 1. The molecule has 0 saturated carbocycles. The highest BCUT2D eigenvalue weighted by Gasteiger charge is 2.11. The van der Waals surface area contributed by atoms with E-state index in [2.05, 4.69) is 10.3 Å². The first-order valence-electron chi connectivity index (χ1n) is 7.45. The molecule has 0 atom stereocenters. The zero-order chi connectivity index (χ0) is 17.6. The molecule has 1 N–H and O–H groups in total. The van der Waals surface area contributed by atoms with E-state index in [0.29, 0.717) is 27.4 Å². The van der Waals surface area contributed by atoms with Crippen molar-refractivity contribution in [3.8, 4) is 0 Å². The van der Waals surface area contributed by atoms with Gasteiger partial charge in [-0.05, 0) is 29.8 Å². The normalized spacial score (nSPS) is 10.8. The molecule has 3 aromatic rings. The zero-order valence-electron chi connectivity index (χ0n) is 13.0. The number of hydrogen-bond donors (Lipinski definition) is 1. The second kappa shape index (κ2) is 8.22. The van der Waals surface area contributed by atoms with Crippen LogP contribution in [0.5, 0.6) is 0 Å². The molecule has 0 bridgehead atoms. The van der Waals surface area contributed by atoms with Gasteiger partial charge < -0.3 is 0 Å². The fourth-order valence-corrected chi connectivity index (χ4v) is 3.54. The van der Waals surface area contributed by atoms with Crippen LogP contribution in [0.1, 0.15) is 20.8 Å². The number of rotatable bonds is 6. The minimum atomic E-state index is -2.47. The molecule has 1 amide bonds. The van der Waals surface area contributed by atoms with Gasteiger partial charge in [0, 0.05) is 28.0 Å². The van der Waals surface area contributed by atoms with Crippen LogP contribution in [0, 0.1) is 0 Å². The highest BCUT2D eigenvalue weighted by atomic mass is 32.2. The molecule has 3 rings (SSSR count). The molecule has 128 valence electrons. The number of anilines is 1. The van der Waals surface area contributed by atoms with Crippen molar-refractivity contribution in [1.82, 2.24) is 4.98 Å². The lowest BCUT2D eigenvalue weighted by Crippen LogP contribution is -2.11. The Morgan fingerprint density at radius 1 is 1.12 bits per heavy atom. The summed E-state index contributed by atoms with van der Waals surface area (Å²) in [6.45, 7) is 0. The summed E-state index contributed by atoms with van der Waals surface area (Å²) in [6.07, 6.45) is 2.50. The molecule has 0 saturated heterocycles. The smallest absolute Gasteiger partial charge is 0.288 e. The maximum Gasteiger partial charge on any atom is 0.288 e. The van der Waals surface area contributed by atoms with E-state index in [0.717, 1.165) is 11.3 Å². The second-order valence-corrected chi connectivity index (χ2v) is 7.33. The average Bonchev–Trinajstić information content (AvgIpc) is 3.02. The summed E-state index contributed by atoms with van der Waals surface area (Å²) in [5.41, 5.74) is 1.58. The van der Waals surface area contributed by atoms with Crippen LogP contribution in [0.2, 0.25) is 0 Å². The molecular formula is C18H14F2N2OS2. The number of thiazole rings is 1. The van der Waals surface area contributed by atoms with Crippen molar-refractivity contribution < 1.29 is 13.6 Å². The van der Waals surface area contributed by atoms with E-state index in [1.807, 2.05) is 30.3 Å². The first-order valence-corrected chi connectivity index (χ1v) is 9.14. The van der Waals surface area contributed by atoms with E-state index < -0.39 is 5.76 Å². The van der Waals surface area contributed by atoms with E-state index in [1.165, 1.54) is 41.2 Å². The topological polar surface area (TPSA) is 42.0 Å². The van der Waals surface area contributed by atoms with Crippen LogP contribution < -0.4 is 5.32 Å². The number of nitrogens with one attached hydrogen (secondary N) is 1. The molecule has 0 spiro atoms. The van der Waals surface area contributed by atoms with Gasteiger partial charge in [-0.25, -0.2) is 4.98 Å². The minimum Gasteiger partial charge on any atom is -0.298 e. The molecule has 0 aliphatic heterocycles. The number of amides is 1. The minimum absolute atomic E-state index is 0.311. The number of carbonyl (C=O) groups excluding carboxylic acids is 1. The number of carbonyl (C=O) groups is 1. The van der Waals surface area contributed by atoms with Crippen molar-refractivity contribution >= 4 is 34.1 Å². The SMILES string of the molecule is O=C(Nc1ncc(Cc2ccccc2)s1)c1ccc(SC(F)F)cc1. The third-order valence-corrected chi connectivity index (χ3v) is 4.97. The van der Waals surface area contributed by atoms with Crippen molar-refractivity contribution in [3.63, 3.8) is 0 Å². The van der Waals surface area contributed by atoms with Gasteiger partial charge in [0.1, 0.15) is 0 Å².